The topological polar surface area (TPSA) is 28.2 Å². The molecule has 0 bridgehead atoms. The summed E-state index contributed by atoms with van der Waals surface area (Å²) in [7, 11) is 0. The number of aromatic nitrogens is 1. The zero-order valence-electron chi connectivity index (χ0n) is 11.0. The van der Waals surface area contributed by atoms with Crippen LogP contribution in [0.2, 0.25) is 0 Å². The molecular formula is C15H19N3S. The lowest BCUT2D eigenvalue weighted by molar-refractivity contribution is 0.414. The third-order valence-corrected chi connectivity index (χ3v) is 4.49. The van der Waals surface area contributed by atoms with Crippen LogP contribution in [0.15, 0.2) is 41.9 Å². The highest BCUT2D eigenvalue weighted by molar-refractivity contribution is 7.09. The van der Waals surface area contributed by atoms with Gasteiger partial charge in [-0.1, -0.05) is 12.1 Å². The Morgan fingerprint density at radius 1 is 1.21 bits per heavy atom. The molecule has 0 unspecified atom stereocenters. The van der Waals surface area contributed by atoms with Crippen molar-refractivity contribution in [1.82, 2.24) is 10.3 Å². The summed E-state index contributed by atoms with van der Waals surface area (Å²) in [5, 5.41) is 5.80. The lowest BCUT2D eigenvalue weighted by atomic mass is 10.1. The van der Waals surface area contributed by atoms with Gasteiger partial charge in [-0.3, -0.25) is 0 Å². The number of nitrogens with one attached hydrogen (secondary N) is 1. The number of rotatable bonds is 4. The van der Waals surface area contributed by atoms with E-state index in [0.717, 1.165) is 25.5 Å². The predicted molar refractivity (Wildman–Crippen MR) is 80.6 cm³/mol. The summed E-state index contributed by atoms with van der Waals surface area (Å²) < 4.78 is 0. The minimum absolute atomic E-state index is 0.641. The summed E-state index contributed by atoms with van der Waals surface area (Å²) in [4.78, 5) is 8.22. The standard InChI is InChI=1S/C15H19N3S/c1-2-8-16-15(5-1)18-9-6-13(7-10-18)17-12-14-4-3-11-19-14/h1-5,8,11,13,17H,6-7,9-10,12H2. The van der Waals surface area contributed by atoms with E-state index in [-0.39, 0.29) is 0 Å². The first-order valence-corrected chi connectivity index (χ1v) is 7.71. The normalized spacial score (nSPS) is 16.7. The van der Waals surface area contributed by atoms with Gasteiger partial charge in [0.1, 0.15) is 5.82 Å². The van der Waals surface area contributed by atoms with Gasteiger partial charge in [-0.25, -0.2) is 4.98 Å². The van der Waals surface area contributed by atoms with E-state index in [1.165, 1.54) is 17.7 Å². The van der Waals surface area contributed by atoms with E-state index in [2.05, 4.69) is 44.8 Å². The van der Waals surface area contributed by atoms with Crippen LogP contribution in [0.25, 0.3) is 0 Å². The van der Waals surface area contributed by atoms with Crippen molar-refractivity contribution in [3.05, 3.63) is 46.8 Å². The monoisotopic (exact) mass is 273 g/mol. The Balaban J connectivity index is 1.47. The zero-order chi connectivity index (χ0) is 12.9. The quantitative estimate of drug-likeness (QED) is 0.928. The summed E-state index contributed by atoms with van der Waals surface area (Å²) >= 11 is 1.83. The third-order valence-electron chi connectivity index (χ3n) is 3.61. The zero-order valence-corrected chi connectivity index (χ0v) is 11.8. The minimum Gasteiger partial charge on any atom is -0.357 e. The molecule has 1 aliphatic rings. The maximum atomic E-state index is 4.42. The molecule has 3 nitrogen and oxygen atoms in total. The average Bonchev–Trinajstić information content (AvgIpc) is 3.00. The van der Waals surface area contributed by atoms with Crippen LogP contribution < -0.4 is 10.2 Å². The molecule has 0 radical (unpaired) electrons. The number of piperidine rings is 1. The van der Waals surface area contributed by atoms with Gasteiger partial charge in [0.25, 0.3) is 0 Å². The van der Waals surface area contributed by atoms with E-state index in [9.17, 15) is 0 Å². The Hall–Kier alpha value is -1.39. The molecule has 1 fully saturated rings. The van der Waals surface area contributed by atoms with Crippen molar-refractivity contribution in [2.75, 3.05) is 18.0 Å². The van der Waals surface area contributed by atoms with Gasteiger partial charge in [-0.05, 0) is 36.4 Å². The second kappa shape index (κ2) is 6.17. The van der Waals surface area contributed by atoms with Gasteiger partial charge >= 0.3 is 0 Å². The smallest absolute Gasteiger partial charge is 0.128 e. The van der Waals surface area contributed by atoms with Crippen LogP contribution in [-0.2, 0) is 6.54 Å². The van der Waals surface area contributed by atoms with Crippen molar-refractivity contribution in [3.63, 3.8) is 0 Å². The van der Waals surface area contributed by atoms with Gasteiger partial charge in [-0.15, -0.1) is 11.3 Å². The van der Waals surface area contributed by atoms with Crippen LogP contribution in [0, 0.1) is 0 Å². The third kappa shape index (κ3) is 3.33. The molecule has 0 amide bonds. The molecule has 1 N–H and O–H groups in total. The second-order valence-corrected chi connectivity index (χ2v) is 5.94. The number of hydrogen-bond acceptors (Lipinski definition) is 4. The number of hydrogen-bond donors (Lipinski definition) is 1. The van der Waals surface area contributed by atoms with E-state index in [4.69, 9.17) is 0 Å². The van der Waals surface area contributed by atoms with E-state index in [0.29, 0.717) is 6.04 Å². The van der Waals surface area contributed by atoms with Gasteiger partial charge in [0, 0.05) is 36.8 Å². The van der Waals surface area contributed by atoms with Gasteiger partial charge in [0.15, 0.2) is 0 Å². The Bertz CT molecular complexity index is 475. The number of thiophene rings is 1. The highest BCUT2D eigenvalue weighted by Gasteiger charge is 2.19. The fourth-order valence-electron chi connectivity index (χ4n) is 2.51. The van der Waals surface area contributed by atoms with E-state index in [1.54, 1.807) is 0 Å². The van der Waals surface area contributed by atoms with Crippen LogP contribution in [0.1, 0.15) is 17.7 Å². The van der Waals surface area contributed by atoms with Crippen LogP contribution in [0.3, 0.4) is 0 Å². The first kappa shape index (κ1) is 12.6. The molecule has 0 atom stereocenters. The molecular weight excluding hydrogens is 254 g/mol. The molecule has 2 aromatic rings. The van der Waals surface area contributed by atoms with Crippen LogP contribution in [0.5, 0.6) is 0 Å². The summed E-state index contributed by atoms with van der Waals surface area (Å²) in [6.07, 6.45) is 4.26. The maximum absolute atomic E-state index is 4.42. The van der Waals surface area contributed by atoms with Crippen molar-refractivity contribution in [2.24, 2.45) is 0 Å². The fourth-order valence-corrected chi connectivity index (χ4v) is 3.17. The van der Waals surface area contributed by atoms with Crippen molar-refractivity contribution in [3.8, 4) is 0 Å². The lowest BCUT2D eigenvalue weighted by Crippen LogP contribution is -2.42. The Labute approximate surface area is 118 Å². The number of nitrogens with zero attached hydrogens (tertiary/aromatic N) is 2. The van der Waals surface area contributed by atoms with Crippen molar-refractivity contribution < 1.29 is 0 Å². The highest BCUT2D eigenvalue weighted by Crippen LogP contribution is 2.18. The molecule has 0 saturated carbocycles. The van der Waals surface area contributed by atoms with E-state index < -0.39 is 0 Å². The summed E-state index contributed by atoms with van der Waals surface area (Å²) in [6.45, 7) is 3.20. The first-order chi connectivity index (χ1) is 9.42. The second-order valence-electron chi connectivity index (χ2n) is 4.91. The number of pyridine rings is 1. The summed E-state index contributed by atoms with van der Waals surface area (Å²) in [5.41, 5.74) is 0. The summed E-state index contributed by atoms with van der Waals surface area (Å²) in [5.74, 6) is 1.11. The van der Waals surface area contributed by atoms with E-state index in [1.807, 2.05) is 23.6 Å². The maximum Gasteiger partial charge on any atom is 0.128 e. The molecule has 19 heavy (non-hydrogen) atoms. The summed E-state index contributed by atoms with van der Waals surface area (Å²) in [6, 6.07) is 11.1. The van der Waals surface area contributed by atoms with Crippen LogP contribution in [0.4, 0.5) is 5.82 Å². The molecule has 3 heterocycles. The van der Waals surface area contributed by atoms with E-state index >= 15 is 0 Å². The molecule has 3 rings (SSSR count). The van der Waals surface area contributed by atoms with Crippen LogP contribution in [-0.4, -0.2) is 24.1 Å². The molecule has 2 aromatic heterocycles. The minimum atomic E-state index is 0.641. The Morgan fingerprint density at radius 2 is 2.11 bits per heavy atom. The van der Waals surface area contributed by atoms with Crippen molar-refractivity contribution in [2.45, 2.75) is 25.4 Å². The van der Waals surface area contributed by atoms with Gasteiger partial charge < -0.3 is 10.2 Å². The largest absolute Gasteiger partial charge is 0.357 e. The van der Waals surface area contributed by atoms with Crippen LogP contribution >= 0.6 is 11.3 Å². The van der Waals surface area contributed by atoms with Gasteiger partial charge in [-0.2, -0.15) is 0 Å². The number of anilines is 1. The van der Waals surface area contributed by atoms with Crippen molar-refractivity contribution in [1.29, 1.82) is 0 Å². The van der Waals surface area contributed by atoms with Crippen molar-refractivity contribution >= 4 is 17.2 Å². The highest BCUT2D eigenvalue weighted by atomic mass is 32.1. The predicted octanol–water partition coefficient (Wildman–Crippen LogP) is 2.90. The molecule has 100 valence electrons. The van der Waals surface area contributed by atoms with Gasteiger partial charge in [0.05, 0.1) is 0 Å². The average molecular weight is 273 g/mol. The molecule has 0 aliphatic carbocycles. The first-order valence-electron chi connectivity index (χ1n) is 6.83. The Morgan fingerprint density at radius 3 is 2.79 bits per heavy atom. The molecule has 1 aliphatic heterocycles. The SMILES string of the molecule is c1ccc(N2CCC(NCc3cccs3)CC2)nc1. The molecule has 0 spiro atoms. The fraction of sp³-hybridized carbons (Fsp3) is 0.400. The molecule has 0 aromatic carbocycles. The van der Waals surface area contributed by atoms with Gasteiger partial charge in [0.2, 0.25) is 0 Å². The Kier molecular flexibility index (Phi) is 4.10. The lowest BCUT2D eigenvalue weighted by Gasteiger charge is -2.33. The molecule has 4 heteroatoms. The molecule has 1 saturated heterocycles.